The van der Waals surface area contributed by atoms with Crippen LogP contribution in [0.2, 0.25) is 0 Å². The Morgan fingerprint density at radius 3 is 2.69 bits per heavy atom. The highest BCUT2D eigenvalue weighted by molar-refractivity contribution is 6.57. The summed E-state index contributed by atoms with van der Waals surface area (Å²) in [5, 5.41) is 2.39. The molecule has 1 amide bonds. The lowest BCUT2D eigenvalue weighted by atomic mass is 10.2. The first-order valence-electron chi connectivity index (χ1n) is 3.76. The number of halogens is 2. The van der Waals surface area contributed by atoms with Crippen molar-refractivity contribution >= 4 is 35.1 Å². The molecule has 1 unspecified atom stereocenters. The zero-order valence-corrected chi connectivity index (χ0v) is 8.48. The fraction of sp³-hybridized carbons (Fsp3) is 0.714. The van der Waals surface area contributed by atoms with Crippen LogP contribution in [-0.4, -0.2) is 28.9 Å². The van der Waals surface area contributed by atoms with Crippen molar-refractivity contribution in [1.29, 1.82) is 0 Å². The van der Waals surface area contributed by atoms with Crippen molar-refractivity contribution < 1.29 is 14.3 Å². The van der Waals surface area contributed by atoms with Crippen LogP contribution < -0.4 is 5.32 Å². The topological polar surface area (TPSA) is 55.4 Å². The maximum atomic E-state index is 11.2. The van der Waals surface area contributed by atoms with E-state index in [4.69, 9.17) is 23.2 Å². The number of rotatable bonds is 2. The summed E-state index contributed by atoms with van der Waals surface area (Å²) < 4.78 is 3.13. The molecule has 0 aromatic carbocycles. The van der Waals surface area contributed by atoms with E-state index in [1.165, 1.54) is 6.92 Å². The molecule has 74 valence electrons. The Morgan fingerprint density at radius 2 is 2.31 bits per heavy atom. The first kappa shape index (κ1) is 10.6. The highest BCUT2D eigenvalue weighted by Crippen LogP contribution is 2.20. The summed E-state index contributed by atoms with van der Waals surface area (Å²) >= 11 is 11.0. The zero-order valence-electron chi connectivity index (χ0n) is 6.97. The molecule has 1 heterocycles. The molecule has 0 bridgehead atoms. The van der Waals surface area contributed by atoms with Crippen molar-refractivity contribution in [1.82, 2.24) is 5.32 Å². The molecule has 0 aromatic heterocycles. The lowest BCUT2D eigenvalue weighted by Gasteiger charge is -2.15. The van der Waals surface area contributed by atoms with Crippen LogP contribution in [0, 0.1) is 0 Å². The third-order valence-corrected chi connectivity index (χ3v) is 1.98. The Balaban J connectivity index is 2.49. The van der Waals surface area contributed by atoms with Gasteiger partial charge in [-0.05, 0) is 6.92 Å². The largest absolute Gasteiger partial charge is 0.464 e. The Hall–Kier alpha value is -0.480. The SMILES string of the molecule is CC(Cl)(Cl)C(=O)NC1CCOC1=O. The van der Waals surface area contributed by atoms with Crippen molar-refractivity contribution in [2.45, 2.75) is 23.7 Å². The minimum absolute atomic E-state index is 0.324. The smallest absolute Gasteiger partial charge is 0.328 e. The molecule has 0 aliphatic carbocycles. The summed E-state index contributed by atoms with van der Waals surface area (Å²) in [6.07, 6.45) is 0.467. The average molecular weight is 226 g/mol. The van der Waals surface area contributed by atoms with E-state index in [0.717, 1.165) is 0 Å². The lowest BCUT2D eigenvalue weighted by molar-refractivity contribution is -0.141. The van der Waals surface area contributed by atoms with Crippen LogP contribution in [0.1, 0.15) is 13.3 Å². The van der Waals surface area contributed by atoms with E-state index in [2.05, 4.69) is 10.1 Å². The number of amides is 1. The number of alkyl halides is 2. The molecule has 1 rings (SSSR count). The molecule has 0 radical (unpaired) electrons. The van der Waals surface area contributed by atoms with Crippen molar-refractivity contribution in [3.05, 3.63) is 0 Å². The van der Waals surface area contributed by atoms with Crippen molar-refractivity contribution in [3.63, 3.8) is 0 Å². The van der Waals surface area contributed by atoms with Crippen LogP contribution in [0.4, 0.5) is 0 Å². The molecule has 0 spiro atoms. The normalized spacial score (nSPS) is 22.7. The first-order chi connectivity index (χ1) is 5.91. The third kappa shape index (κ3) is 2.74. The second-order valence-corrected chi connectivity index (χ2v) is 4.58. The predicted molar refractivity (Wildman–Crippen MR) is 47.6 cm³/mol. The van der Waals surface area contributed by atoms with Gasteiger partial charge in [0.15, 0.2) is 4.33 Å². The molecule has 1 fully saturated rings. The van der Waals surface area contributed by atoms with E-state index >= 15 is 0 Å². The van der Waals surface area contributed by atoms with Crippen LogP contribution in [0.25, 0.3) is 0 Å². The number of carbonyl (C=O) groups excluding carboxylic acids is 2. The van der Waals surface area contributed by atoms with Gasteiger partial charge in [0.25, 0.3) is 5.91 Å². The molecule has 0 saturated carbocycles. The fourth-order valence-electron chi connectivity index (χ4n) is 0.912. The van der Waals surface area contributed by atoms with Crippen molar-refractivity contribution in [2.75, 3.05) is 6.61 Å². The molecule has 1 aliphatic rings. The van der Waals surface area contributed by atoms with Crippen LogP contribution in [0.15, 0.2) is 0 Å². The highest BCUT2D eigenvalue weighted by atomic mass is 35.5. The fourth-order valence-corrected chi connectivity index (χ4v) is 1.02. The van der Waals surface area contributed by atoms with Gasteiger partial charge in [-0.3, -0.25) is 4.79 Å². The van der Waals surface area contributed by atoms with E-state index in [1.807, 2.05) is 0 Å². The minimum Gasteiger partial charge on any atom is -0.464 e. The maximum Gasteiger partial charge on any atom is 0.328 e. The Labute approximate surface area is 85.5 Å². The van der Waals surface area contributed by atoms with Gasteiger partial charge in [-0.25, -0.2) is 4.79 Å². The molecular formula is C7H9Cl2NO3. The Morgan fingerprint density at radius 1 is 1.69 bits per heavy atom. The Kier molecular flexibility index (Phi) is 3.03. The van der Waals surface area contributed by atoms with Crippen LogP contribution >= 0.6 is 23.2 Å². The van der Waals surface area contributed by atoms with Gasteiger partial charge in [0.2, 0.25) is 0 Å². The maximum absolute atomic E-state index is 11.2. The predicted octanol–water partition coefficient (Wildman–Crippen LogP) is 0.612. The number of hydrogen-bond donors (Lipinski definition) is 1. The van der Waals surface area contributed by atoms with E-state index in [-0.39, 0.29) is 0 Å². The van der Waals surface area contributed by atoms with Crippen LogP contribution in [0.5, 0.6) is 0 Å². The minimum atomic E-state index is -1.51. The van der Waals surface area contributed by atoms with Gasteiger partial charge in [-0.1, -0.05) is 23.2 Å². The van der Waals surface area contributed by atoms with E-state index < -0.39 is 22.3 Å². The van der Waals surface area contributed by atoms with E-state index in [1.54, 1.807) is 0 Å². The number of hydrogen-bond acceptors (Lipinski definition) is 3. The van der Waals surface area contributed by atoms with Crippen molar-refractivity contribution in [2.24, 2.45) is 0 Å². The van der Waals surface area contributed by atoms with Gasteiger partial charge < -0.3 is 10.1 Å². The summed E-state index contributed by atoms with van der Waals surface area (Å²) in [6.45, 7) is 1.66. The number of esters is 1. The molecular weight excluding hydrogens is 217 g/mol. The number of carbonyl (C=O) groups is 2. The van der Waals surface area contributed by atoms with Gasteiger partial charge in [0.05, 0.1) is 6.61 Å². The standard InChI is InChI=1S/C7H9Cl2NO3/c1-7(8,9)6(12)10-4-2-3-13-5(4)11/h4H,2-3H2,1H3,(H,10,12). The molecule has 1 N–H and O–H groups in total. The first-order valence-corrected chi connectivity index (χ1v) is 4.52. The van der Waals surface area contributed by atoms with Gasteiger partial charge in [0.1, 0.15) is 6.04 Å². The number of cyclic esters (lactones) is 1. The van der Waals surface area contributed by atoms with E-state index in [9.17, 15) is 9.59 Å². The molecule has 1 aliphatic heterocycles. The second-order valence-electron chi connectivity index (χ2n) is 2.87. The monoisotopic (exact) mass is 225 g/mol. The molecule has 1 saturated heterocycles. The zero-order chi connectivity index (χ0) is 10.1. The van der Waals surface area contributed by atoms with Gasteiger partial charge in [-0.2, -0.15) is 0 Å². The summed E-state index contributed by atoms with van der Waals surface area (Å²) in [5.41, 5.74) is 0. The number of ether oxygens (including phenoxy) is 1. The van der Waals surface area contributed by atoms with E-state index in [0.29, 0.717) is 13.0 Å². The van der Waals surface area contributed by atoms with Crippen LogP contribution in [-0.2, 0) is 14.3 Å². The summed E-state index contributed by atoms with van der Waals surface area (Å²) in [4.78, 5) is 22.1. The summed E-state index contributed by atoms with van der Waals surface area (Å²) in [7, 11) is 0. The van der Waals surface area contributed by atoms with Crippen molar-refractivity contribution in [3.8, 4) is 0 Å². The molecule has 4 nitrogen and oxygen atoms in total. The molecule has 6 heteroatoms. The van der Waals surface area contributed by atoms with Gasteiger partial charge in [0, 0.05) is 6.42 Å². The molecule has 0 aromatic rings. The molecule has 1 atom stereocenters. The summed E-state index contributed by atoms with van der Waals surface area (Å²) in [5.74, 6) is -1.02. The second kappa shape index (κ2) is 3.72. The van der Waals surface area contributed by atoms with Gasteiger partial charge >= 0.3 is 5.97 Å². The number of nitrogens with one attached hydrogen (secondary N) is 1. The summed E-state index contributed by atoms with van der Waals surface area (Å²) in [6, 6.07) is -0.607. The van der Waals surface area contributed by atoms with Gasteiger partial charge in [-0.15, -0.1) is 0 Å². The lowest BCUT2D eigenvalue weighted by Crippen LogP contribution is -2.44. The highest BCUT2D eigenvalue weighted by Gasteiger charge is 2.34. The average Bonchev–Trinajstić information content (AvgIpc) is 2.34. The van der Waals surface area contributed by atoms with Crippen LogP contribution in [0.3, 0.4) is 0 Å². The Bertz CT molecular complexity index is 236. The molecule has 13 heavy (non-hydrogen) atoms. The quantitative estimate of drug-likeness (QED) is 0.554. The third-order valence-electron chi connectivity index (χ3n) is 1.64.